The molecular formula is C24H24N7O8S4+. The number of nitrogen functional groups attached to an aromatic ring is 1. The molecular weight excluding hydrogens is 643 g/mol. The first-order chi connectivity index (χ1) is 20.6. The van der Waals surface area contributed by atoms with Crippen LogP contribution >= 0.6 is 46.2 Å². The minimum absolute atomic E-state index is 0.00260. The summed E-state index contributed by atoms with van der Waals surface area (Å²) in [7, 11) is 0. The number of aliphatic hydroxyl groups is 1. The molecule has 2 amide bonds. The molecule has 2 aliphatic rings. The molecule has 5 heterocycles. The lowest BCUT2D eigenvalue weighted by Crippen LogP contribution is -2.71. The number of hydrogen-bond acceptors (Lipinski definition) is 14. The van der Waals surface area contributed by atoms with Gasteiger partial charge in [-0.15, -0.1) is 34.4 Å². The van der Waals surface area contributed by atoms with Gasteiger partial charge in [0.2, 0.25) is 6.10 Å². The molecule has 3 aromatic rings. The third-order valence-electron chi connectivity index (χ3n) is 6.26. The number of carboxylic acid groups (broad SMARTS) is 2. The van der Waals surface area contributed by atoms with E-state index in [0.29, 0.717) is 23.6 Å². The predicted octanol–water partition coefficient (Wildman–Crippen LogP) is 0.340. The van der Waals surface area contributed by atoms with Gasteiger partial charge in [0.1, 0.15) is 34.9 Å². The van der Waals surface area contributed by atoms with Crippen LogP contribution in [0.25, 0.3) is 10.2 Å². The van der Waals surface area contributed by atoms with Crippen molar-refractivity contribution >= 4 is 91.0 Å². The van der Waals surface area contributed by atoms with Gasteiger partial charge < -0.3 is 31.2 Å². The van der Waals surface area contributed by atoms with Crippen LogP contribution in [0.5, 0.6) is 0 Å². The molecule has 3 atom stereocenters. The molecule has 0 bridgehead atoms. The maximum absolute atomic E-state index is 13.2. The highest BCUT2D eigenvalue weighted by molar-refractivity contribution is 8.02. The molecule has 0 aromatic carbocycles. The van der Waals surface area contributed by atoms with Gasteiger partial charge in [-0.05, 0) is 12.5 Å². The Morgan fingerprint density at radius 2 is 2.14 bits per heavy atom. The summed E-state index contributed by atoms with van der Waals surface area (Å²) in [4.78, 5) is 64.4. The number of carbonyl (C=O) groups is 4. The first kappa shape index (κ1) is 30.7. The van der Waals surface area contributed by atoms with E-state index in [1.54, 1.807) is 0 Å². The Hall–Kier alpha value is -3.78. The lowest BCUT2D eigenvalue weighted by molar-refractivity contribution is -0.696. The molecule has 6 N–H and O–H groups in total. The summed E-state index contributed by atoms with van der Waals surface area (Å²) in [5.41, 5.74) is 6.50. The summed E-state index contributed by atoms with van der Waals surface area (Å²) in [5, 5.41) is 35.4. The lowest BCUT2D eigenvalue weighted by Gasteiger charge is -2.49. The summed E-state index contributed by atoms with van der Waals surface area (Å²) in [6, 6.07) is 0.843. The number of thiazole rings is 2. The van der Waals surface area contributed by atoms with Gasteiger partial charge in [-0.25, -0.2) is 24.1 Å². The van der Waals surface area contributed by atoms with Crippen molar-refractivity contribution in [3.8, 4) is 0 Å². The van der Waals surface area contributed by atoms with Gasteiger partial charge in [0, 0.05) is 23.0 Å². The highest BCUT2D eigenvalue weighted by Gasteiger charge is 2.54. The lowest BCUT2D eigenvalue weighted by atomic mass is 10.0. The zero-order valence-electron chi connectivity index (χ0n) is 22.2. The molecule has 5 rings (SSSR count). The number of carboxylic acids is 2. The summed E-state index contributed by atoms with van der Waals surface area (Å²) in [5.74, 6) is -3.44. The van der Waals surface area contributed by atoms with Gasteiger partial charge in [0.05, 0.1) is 4.70 Å². The molecule has 43 heavy (non-hydrogen) atoms. The second kappa shape index (κ2) is 12.8. The Morgan fingerprint density at radius 3 is 2.81 bits per heavy atom. The van der Waals surface area contributed by atoms with Gasteiger partial charge in [0.15, 0.2) is 34.1 Å². The van der Waals surface area contributed by atoms with E-state index in [1.807, 2.05) is 23.0 Å². The predicted molar refractivity (Wildman–Crippen MR) is 159 cm³/mol. The Balaban J connectivity index is 1.30. The Morgan fingerprint density at radius 1 is 1.35 bits per heavy atom. The number of aliphatic carboxylic acids is 2. The number of anilines is 1. The molecule has 0 radical (unpaired) electrons. The quantitative estimate of drug-likeness (QED) is 0.0579. The van der Waals surface area contributed by atoms with Crippen LogP contribution in [0.15, 0.2) is 44.6 Å². The van der Waals surface area contributed by atoms with Gasteiger partial charge in [-0.2, -0.15) is 0 Å². The number of pyridine rings is 1. The van der Waals surface area contributed by atoms with Crippen molar-refractivity contribution in [2.24, 2.45) is 5.16 Å². The van der Waals surface area contributed by atoms with Crippen LogP contribution in [0.1, 0.15) is 12.6 Å². The number of aromatic nitrogens is 3. The molecule has 1 fully saturated rings. The highest BCUT2D eigenvalue weighted by atomic mass is 32.2. The molecule has 1 unspecified atom stereocenters. The molecule has 1 saturated heterocycles. The van der Waals surface area contributed by atoms with Gasteiger partial charge in [0.25, 0.3) is 11.8 Å². The van der Waals surface area contributed by atoms with E-state index in [-0.39, 0.29) is 28.8 Å². The molecule has 3 aromatic heterocycles. The average Bonchev–Trinajstić information content (AvgIpc) is 3.59. The van der Waals surface area contributed by atoms with Crippen LogP contribution in [-0.4, -0.2) is 95.3 Å². The van der Waals surface area contributed by atoms with Gasteiger partial charge in [-0.3, -0.25) is 14.5 Å². The normalized spacial score (nSPS) is 19.2. The first-order valence-corrected chi connectivity index (χ1v) is 16.2. The number of amides is 2. The minimum atomic E-state index is -1.36. The third kappa shape index (κ3) is 6.44. The number of hydrogen-bond donors (Lipinski definition) is 5. The number of carbonyl (C=O) groups excluding carboxylic acids is 2. The van der Waals surface area contributed by atoms with Crippen LogP contribution < -0.4 is 15.6 Å². The van der Waals surface area contributed by atoms with Crippen LogP contribution in [-0.2, 0) is 30.6 Å². The van der Waals surface area contributed by atoms with E-state index >= 15 is 0 Å². The van der Waals surface area contributed by atoms with E-state index in [1.165, 1.54) is 47.2 Å². The maximum Gasteiger partial charge on any atom is 0.352 e. The largest absolute Gasteiger partial charge is 0.478 e. The van der Waals surface area contributed by atoms with Crippen molar-refractivity contribution in [2.75, 3.05) is 23.8 Å². The fourth-order valence-corrected chi connectivity index (χ4v) is 8.21. The second-order valence-electron chi connectivity index (χ2n) is 9.14. The zero-order chi connectivity index (χ0) is 30.8. The van der Waals surface area contributed by atoms with Crippen LogP contribution in [0.2, 0.25) is 0 Å². The van der Waals surface area contributed by atoms with E-state index in [9.17, 15) is 24.3 Å². The monoisotopic (exact) mass is 666 g/mol. The Labute approximate surface area is 259 Å². The molecule has 15 nitrogen and oxygen atoms in total. The molecule has 0 spiro atoms. The van der Waals surface area contributed by atoms with E-state index in [4.69, 9.17) is 20.8 Å². The van der Waals surface area contributed by atoms with Crippen molar-refractivity contribution < 1.29 is 43.9 Å². The second-order valence-corrected chi connectivity index (χ2v) is 13.4. The topological polar surface area (TPSA) is 222 Å². The maximum atomic E-state index is 13.2. The van der Waals surface area contributed by atoms with Crippen molar-refractivity contribution in [3.05, 3.63) is 40.8 Å². The summed E-state index contributed by atoms with van der Waals surface area (Å²) in [6.07, 6.45) is 2.32. The number of nitrogens with zero attached hydrogens (tertiary/aromatic N) is 5. The minimum Gasteiger partial charge on any atom is -0.478 e. The molecule has 19 heteroatoms. The number of nitrogens with one attached hydrogen (secondary N) is 1. The van der Waals surface area contributed by atoms with Crippen molar-refractivity contribution in [1.82, 2.24) is 20.2 Å². The Kier molecular flexibility index (Phi) is 9.16. The summed E-state index contributed by atoms with van der Waals surface area (Å²) in [6.45, 7) is 1.67. The van der Waals surface area contributed by atoms with Gasteiger partial charge >= 0.3 is 11.9 Å². The molecule has 2 aliphatic heterocycles. The average molecular weight is 667 g/mol. The summed E-state index contributed by atoms with van der Waals surface area (Å²) < 4.78 is 3.51. The Bertz CT molecular complexity index is 1670. The number of fused-ring (bicyclic) bond motifs is 2. The zero-order valence-corrected chi connectivity index (χ0v) is 25.5. The number of nitrogens with two attached hydrogens (primary N) is 1. The number of thioether (sulfide) groups is 2. The van der Waals surface area contributed by atoms with Crippen molar-refractivity contribution in [3.63, 3.8) is 0 Å². The SMILES string of the molecule is C[C@H](O/N=C(\C(=O)NC1C(=O)N2C(C(=O)O)=C(CSc3nc4c[n+](CCO)ccc4s3)CS[C@@H]12)c1csc(N)n1)C(=O)O. The van der Waals surface area contributed by atoms with E-state index in [0.717, 1.165) is 30.8 Å². The number of oxime groups is 1. The van der Waals surface area contributed by atoms with E-state index in [2.05, 4.69) is 20.4 Å². The van der Waals surface area contributed by atoms with Crippen molar-refractivity contribution in [2.45, 2.75) is 35.3 Å². The number of β-lactam (4-membered cyclic amide) rings is 1. The third-order valence-corrected chi connectivity index (χ3v) is 10.5. The highest BCUT2D eigenvalue weighted by Crippen LogP contribution is 2.42. The summed E-state index contributed by atoms with van der Waals surface area (Å²) >= 11 is 5.16. The molecule has 0 saturated carbocycles. The van der Waals surface area contributed by atoms with Crippen LogP contribution in [0, 0.1) is 0 Å². The fraction of sp³-hybridized carbons (Fsp3) is 0.333. The molecule has 0 aliphatic carbocycles. The first-order valence-electron chi connectivity index (χ1n) is 12.5. The number of aliphatic hydroxyl groups excluding tert-OH is 1. The standard InChI is InChI=1S/C24H23N7O8S4/c1-10(21(35)36)39-29-15(13-9-41-23(25)26-13)18(33)28-16-19(34)31-17(22(37)38)11(7-40-20(16)31)8-42-24-27-12-6-30(4-5-32)3-2-14(12)43-24/h2-3,6,9-10,16,20,32H,4-5,7-8H2,1H3,(H4-,25,26,28,33,35,36,37,38)/p+1/b29-15-/t10-,16?,20-/m0/s1. The van der Waals surface area contributed by atoms with Crippen molar-refractivity contribution in [1.29, 1.82) is 0 Å². The fourth-order valence-electron chi connectivity index (χ4n) is 4.14. The van der Waals surface area contributed by atoms with E-state index < -0.39 is 41.3 Å². The van der Waals surface area contributed by atoms with Gasteiger partial charge in [-0.1, -0.05) is 16.9 Å². The van der Waals surface area contributed by atoms with Crippen LogP contribution in [0.4, 0.5) is 5.13 Å². The van der Waals surface area contributed by atoms with Crippen LogP contribution in [0.3, 0.4) is 0 Å². The molecule has 226 valence electrons. The number of rotatable bonds is 12. The smallest absolute Gasteiger partial charge is 0.352 e.